The summed E-state index contributed by atoms with van der Waals surface area (Å²) in [5.74, 6) is -3.34. The molecule has 4 aliphatic heterocycles. The number of aliphatic hydroxyl groups is 1. The molecular formula is C27H31N5O6. The van der Waals surface area contributed by atoms with E-state index in [4.69, 9.17) is 9.47 Å². The van der Waals surface area contributed by atoms with Gasteiger partial charge in [0.1, 0.15) is 36.4 Å². The second-order valence-corrected chi connectivity index (χ2v) is 11.0. The van der Waals surface area contributed by atoms with Crippen molar-refractivity contribution < 1.29 is 29.0 Å². The van der Waals surface area contributed by atoms with Crippen LogP contribution < -0.4 is 0 Å². The standard InChI is InChI=1S/C27H31N5O6/c1-16(2)19(14-33)32-22-24(35)30(15-31-18-9-5-4-8-17(18)28-29-31)12-6-11-27(22)20(23(32)34)21-25(36)37-13-7-10-26(21,3)38-27/h4-11,16,19-22,33H,12-15H2,1-3H3/t19-,20-,21-,22?,26+,27-/m0/s1. The molecule has 38 heavy (non-hydrogen) atoms. The van der Waals surface area contributed by atoms with E-state index in [1.54, 1.807) is 34.7 Å². The van der Waals surface area contributed by atoms with Crippen LogP contribution in [0.2, 0.25) is 0 Å². The third kappa shape index (κ3) is 3.37. The minimum absolute atomic E-state index is 0.0923. The van der Waals surface area contributed by atoms with Gasteiger partial charge in [-0.3, -0.25) is 14.4 Å². The summed E-state index contributed by atoms with van der Waals surface area (Å²) in [5.41, 5.74) is -1.06. The number of carbonyl (C=O) groups excluding carboxylic acids is 3. The first-order valence-corrected chi connectivity index (χ1v) is 12.9. The number of likely N-dealkylation sites (tertiary alicyclic amines) is 1. The molecule has 1 spiro atoms. The van der Waals surface area contributed by atoms with Gasteiger partial charge in [0, 0.05) is 6.54 Å². The maximum atomic E-state index is 14.4. The van der Waals surface area contributed by atoms with Gasteiger partial charge in [-0.05, 0) is 31.1 Å². The van der Waals surface area contributed by atoms with Gasteiger partial charge in [0.25, 0.3) is 5.91 Å². The van der Waals surface area contributed by atoms with Crippen molar-refractivity contribution in [3.63, 3.8) is 0 Å². The Morgan fingerprint density at radius 1 is 1.11 bits per heavy atom. The maximum Gasteiger partial charge on any atom is 0.313 e. The van der Waals surface area contributed by atoms with Crippen LogP contribution in [0, 0.1) is 17.8 Å². The summed E-state index contributed by atoms with van der Waals surface area (Å²) < 4.78 is 13.8. The van der Waals surface area contributed by atoms with Crippen LogP contribution in [0.5, 0.6) is 0 Å². The van der Waals surface area contributed by atoms with Gasteiger partial charge in [-0.25, -0.2) is 4.68 Å². The van der Waals surface area contributed by atoms with Crippen molar-refractivity contribution in [3.05, 3.63) is 48.6 Å². The Labute approximate surface area is 219 Å². The van der Waals surface area contributed by atoms with Crippen molar-refractivity contribution in [2.45, 2.75) is 50.7 Å². The quantitative estimate of drug-likeness (QED) is 0.454. The van der Waals surface area contributed by atoms with E-state index in [9.17, 15) is 19.5 Å². The van der Waals surface area contributed by atoms with Gasteiger partial charge >= 0.3 is 5.97 Å². The third-order valence-corrected chi connectivity index (χ3v) is 8.37. The second-order valence-electron chi connectivity index (χ2n) is 11.0. The number of amides is 2. The van der Waals surface area contributed by atoms with E-state index in [1.165, 1.54) is 4.90 Å². The average molecular weight is 522 g/mol. The van der Waals surface area contributed by atoms with Gasteiger partial charge in [0.05, 0.1) is 29.7 Å². The number of esters is 1. The van der Waals surface area contributed by atoms with Crippen molar-refractivity contribution in [2.24, 2.45) is 17.8 Å². The van der Waals surface area contributed by atoms with E-state index in [1.807, 2.05) is 44.2 Å². The summed E-state index contributed by atoms with van der Waals surface area (Å²) in [6, 6.07) is 5.74. The Balaban J connectivity index is 1.46. The molecule has 2 fully saturated rings. The smallest absolute Gasteiger partial charge is 0.313 e. The normalized spacial score (nSPS) is 33.3. The van der Waals surface area contributed by atoms with Crippen LogP contribution in [0.1, 0.15) is 20.8 Å². The molecule has 0 saturated carbocycles. The molecule has 5 heterocycles. The van der Waals surface area contributed by atoms with Gasteiger partial charge in [0.15, 0.2) is 0 Å². The number of para-hydroxylation sites is 1. The first kappa shape index (κ1) is 24.7. The molecule has 0 bridgehead atoms. The maximum absolute atomic E-state index is 14.4. The van der Waals surface area contributed by atoms with Gasteiger partial charge in [0.2, 0.25) is 5.91 Å². The van der Waals surface area contributed by atoms with Crippen molar-refractivity contribution in [2.75, 3.05) is 19.8 Å². The molecule has 2 aromatic rings. The Kier molecular flexibility index (Phi) is 5.69. The number of aliphatic hydroxyl groups excluding tert-OH is 1. The van der Waals surface area contributed by atoms with E-state index in [0.29, 0.717) is 5.52 Å². The lowest BCUT2D eigenvalue weighted by atomic mass is 9.75. The summed E-state index contributed by atoms with van der Waals surface area (Å²) in [4.78, 5) is 44.9. The molecule has 2 amide bonds. The van der Waals surface area contributed by atoms with Gasteiger partial charge in [-0.2, -0.15) is 0 Å². The highest BCUT2D eigenvalue weighted by Crippen LogP contribution is 2.57. The van der Waals surface area contributed by atoms with Gasteiger partial charge < -0.3 is 24.4 Å². The molecule has 11 heteroatoms. The van der Waals surface area contributed by atoms with Crippen LogP contribution in [0.4, 0.5) is 0 Å². The van der Waals surface area contributed by atoms with Gasteiger partial charge in [-0.15, -0.1) is 5.10 Å². The van der Waals surface area contributed by atoms with E-state index in [-0.39, 0.29) is 38.3 Å². The number of hydrogen-bond acceptors (Lipinski definition) is 8. The molecule has 1 aromatic carbocycles. The molecule has 6 rings (SSSR count). The number of aromatic nitrogens is 3. The molecule has 1 unspecified atom stereocenters. The van der Waals surface area contributed by atoms with Crippen molar-refractivity contribution in [1.82, 2.24) is 24.8 Å². The zero-order chi connectivity index (χ0) is 26.8. The largest absolute Gasteiger partial charge is 0.461 e. The average Bonchev–Trinajstić information content (AvgIpc) is 3.40. The SMILES string of the molecule is CC(C)[C@H](CO)N1C(=O)[C@@H]2[C@H]3C(=O)OCC=C[C@@]3(C)O[C@@]23C=CCN(Cn2nnc4ccccc42)C(=O)C13. The van der Waals surface area contributed by atoms with Crippen LogP contribution in [-0.4, -0.2) is 90.7 Å². The van der Waals surface area contributed by atoms with Crippen LogP contribution in [-0.2, 0) is 30.5 Å². The molecule has 1 N–H and O–H groups in total. The summed E-state index contributed by atoms with van der Waals surface area (Å²) >= 11 is 0. The lowest BCUT2D eigenvalue weighted by Crippen LogP contribution is -2.59. The van der Waals surface area contributed by atoms with E-state index in [0.717, 1.165) is 5.52 Å². The first-order chi connectivity index (χ1) is 18.2. The number of nitrogens with zero attached hydrogens (tertiary/aromatic N) is 5. The van der Waals surface area contributed by atoms with Crippen molar-refractivity contribution >= 4 is 28.8 Å². The lowest BCUT2D eigenvalue weighted by Gasteiger charge is -2.41. The number of fused-ring (bicyclic) bond motifs is 3. The number of cyclic esters (lactones) is 1. The zero-order valence-corrected chi connectivity index (χ0v) is 21.6. The Bertz CT molecular complexity index is 1370. The van der Waals surface area contributed by atoms with E-state index in [2.05, 4.69) is 10.3 Å². The van der Waals surface area contributed by atoms with Crippen LogP contribution >= 0.6 is 0 Å². The molecule has 6 atom stereocenters. The molecule has 2 saturated heterocycles. The predicted molar refractivity (Wildman–Crippen MR) is 134 cm³/mol. The number of carbonyl (C=O) groups is 3. The highest BCUT2D eigenvalue weighted by molar-refractivity contribution is 5.99. The summed E-state index contributed by atoms with van der Waals surface area (Å²) in [7, 11) is 0. The highest BCUT2D eigenvalue weighted by atomic mass is 16.6. The van der Waals surface area contributed by atoms with E-state index >= 15 is 0 Å². The van der Waals surface area contributed by atoms with Crippen LogP contribution in [0.3, 0.4) is 0 Å². The van der Waals surface area contributed by atoms with Crippen LogP contribution in [0.15, 0.2) is 48.6 Å². The fraction of sp³-hybridized carbons (Fsp3) is 0.519. The summed E-state index contributed by atoms with van der Waals surface area (Å²) in [5, 5.41) is 18.8. The van der Waals surface area contributed by atoms with E-state index < -0.39 is 47.0 Å². The van der Waals surface area contributed by atoms with Crippen LogP contribution in [0.25, 0.3) is 11.0 Å². The lowest BCUT2D eigenvalue weighted by molar-refractivity contribution is -0.161. The summed E-state index contributed by atoms with van der Waals surface area (Å²) in [6.07, 6.45) is 7.06. The molecule has 200 valence electrons. The van der Waals surface area contributed by atoms with Crippen molar-refractivity contribution in [1.29, 1.82) is 0 Å². The minimum atomic E-state index is -1.41. The number of benzene rings is 1. The molecule has 11 nitrogen and oxygen atoms in total. The molecule has 0 radical (unpaired) electrons. The monoisotopic (exact) mass is 521 g/mol. The van der Waals surface area contributed by atoms with Gasteiger partial charge in [-0.1, -0.05) is 49.4 Å². The molecule has 1 aromatic heterocycles. The number of ether oxygens (including phenoxy) is 2. The fourth-order valence-electron chi connectivity index (χ4n) is 6.63. The number of hydrogen-bond donors (Lipinski definition) is 1. The minimum Gasteiger partial charge on any atom is -0.461 e. The molecular weight excluding hydrogens is 490 g/mol. The second kappa shape index (κ2) is 8.74. The Hall–Kier alpha value is -3.57. The third-order valence-electron chi connectivity index (χ3n) is 8.37. The number of rotatable bonds is 5. The fourth-order valence-corrected chi connectivity index (χ4v) is 6.63. The first-order valence-electron chi connectivity index (χ1n) is 12.9. The summed E-state index contributed by atoms with van der Waals surface area (Å²) in [6.45, 7) is 5.65. The predicted octanol–water partition coefficient (Wildman–Crippen LogP) is 0.888. The Morgan fingerprint density at radius 3 is 2.66 bits per heavy atom. The molecule has 0 aliphatic carbocycles. The zero-order valence-electron chi connectivity index (χ0n) is 21.6. The molecule has 4 aliphatic rings. The highest BCUT2D eigenvalue weighted by Gasteiger charge is 2.75. The topological polar surface area (TPSA) is 127 Å². The Morgan fingerprint density at radius 2 is 1.89 bits per heavy atom. The van der Waals surface area contributed by atoms with Crippen molar-refractivity contribution in [3.8, 4) is 0 Å².